The third kappa shape index (κ3) is 6.83. The van der Waals surface area contributed by atoms with Crippen LogP contribution in [-0.4, -0.2) is 28.8 Å². The molecule has 0 spiro atoms. The predicted molar refractivity (Wildman–Crippen MR) is 150 cm³/mol. The van der Waals surface area contributed by atoms with E-state index < -0.39 is 40.7 Å². The van der Waals surface area contributed by atoms with E-state index >= 15 is 0 Å². The van der Waals surface area contributed by atoms with Crippen LogP contribution in [-0.2, 0) is 22.6 Å². The number of pyridine rings is 1. The lowest BCUT2D eigenvalue weighted by Gasteiger charge is -2.19. The van der Waals surface area contributed by atoms with Crippen molar-refractivity contribution in [2.45, 2.75) is 32.2 Å². The number of benzene rings is 3. The molecule has 1 aromatic heterocycles. The third-order valence-corrected chi connectivity index (χ3v) is 6.92. The Morgan fingerprint density at radius 1 is 0.953 bits per heavy atom. The normalized spacial score (nSPS) is 12.8. The first kappa shape index (κ1) is 29.3. The van der Waals surface area contributed by atoms with Crippen LogP contribution in [0.3, 0.4) is 0 Å². The summed E-state index contributed by atoms with van der Waals surface area (Å²) in [5.74, 6) is -5.26. The van der Waals surface area contributed by atoms with Crippen LogP contribution < -0.4 is 20.3 Å². The molecule has 1 amide bonds. The number of fused-ring (bicyclic) bond motifs is 1. The van der Waals surface area contributed by atoms with Crippen LogP contribution in [0.25, 0.3) is 0 Å². The maximum Gasteiger partial charge on any atom is 0.308 e. The van der Waals surface area contributed by atoms with E-state index in [9.17, 15) is 32.3 Å². The van der Waals surface area contributed by atoms with E-state index in [1.807, 2.05) is 0 Å². The van der Waals surface area contributed by atoms with Crippen molar-refractivity contribution < 1.29 is 37.0 Å². The number of carbonyl (C=O) groups is 3. The standard InChI is InChI=1S/C32H25F3N2O6/c1-18(38)43-23-7-4-20(5-8-23)22(17-42-24-9-6-21-14-30(40)36-28(21)15-24)13-29(39)25-3-2-10-37(32(25)41)16-19-11-26(33)31(35)27(34)12-19/h2-12,15,22H,13-14,16-17H2,1H3,(H,36,40)/t22-/m0/s1. The quantitative estimate of drug-likeness (QED) is 0.118. The summed E-state index contributed by atoms with van der Waals surface area (Å²) in [5, 5.41) is 2.76. The van der Waals surface area contributed by atoms with Crippen molar-refractivity contribution >= 4 is 23.3 Å². The Morgan fingerprint density at radius 2 is 1.65 bits per heavy atom. The second-order valence-corrected chi connectivity index (χ2v) is 10.1. The number of nitrogens with zero attached hydrogens (tertiary/aromatic N) is 1. The Labute approximate surface area is 243 Å². The maximum atomic E-state index is 13.7. The second kappa shape index (κ2) is 12.4. The summed E-state index contributed by atoms with van der Waals surface area (Å²) in [6.45, 7) is 1.02. The van der Waals surface area contributed by atoms with Gasteiger partial charge >= 0.3 is 5.97 Å². The molecular formula is C32H25F3N2O6. The minimum atomic E-state index is -1.61. The molecule has 0 bridgehead atoms. The molecule has 11 heteroatoms. The van der Waals surface area contributed by atoms with Gasteiger partial charge in [-0.3, -0.25) is 19.2 Å². The number of anilines is 1. The number of carbonyl (C=O) groups excluding carboxylic acids is 3. The van der Waals surface area contributed by atoms with E-state index in [2.05, 4.69) is 5.32 Å². The molecule has 1 aliphatic heterocycles. The first-order chi connectivity index (χ1) is 20.6. The number of Topliss-reactive ketones (excluding diaryl/α,β-unsaturated/α-hetero) is 1. The molecule has 0 aliphatic carbocycles. The van der Waals surface area contributed by atoms with Crippen LogP contribution in [0.4, 0.5) is 18.9 Å². The van der Waals surface area contributed by atoms with Crippen LogP contribution in [0.5, 0.6) is 11.5 Å². The fourth-order valence-corrected chi connectivity index (χ4v) is 4.83. The SMILES string of the molecule is CC(=O)Oc1ccc([C@H](COc2ccc3c(c2)NC(=O)C3)CC(=O)c2cccn(Cc3cc(F)c(F)c(F)c3)c2=O)cc1. The highest BCUT2D eigenvalue weighted by atomic mass is 19.2. The van der Waals surface area contributed by atoms with Crippen molar-refractivity contribution in [1.82, 2.24) is 4.57 Å². The minimum absolute atomic E-state index is 0.00720. The molecule has 43 heavy (non-hydrogen) atoms. The molecule has 0 radical (unpaired) electrons. The molecule has 3 aromatic carbocycles. The average molecular weight is 591 g/mol. The fourth-order valence-electron chi connectivity index (χ4n) is 4.83. The van der Waals surface area contributed by atoms with Gasteiger partial charge in [0.2, 0.25) is 5.91 Å². The minimum Gasteiger partial charge on any atom is -0.493 e. The summed E-state index contributed by atoms with van der Waals surface area (Å²) < 4.78 is 53.0. The molecule has 0 fully saturated rings. The average Bonchev–Trinajstić information content (AvgIpc) is 3.34. The number of nitrogens with one attached hydrogen (secondary N) is 1. The Morgan fingerprint density at radius 3 is 2.35 bits per heavy atom. The number of halogens is 3. The molecule has 1 atom stereocenters. The summed E-state index contributed by atoms with van der Waals surface area (Å²) in [4.78, 5) is 49.7. The van der Waals surface area contributed by atoms with Crippen LogP contribution in [0.2, 0.25) is 0 Å². The van der Waals surface area contributed by atoms with Gasteiger partial charge in [0.15, 0.2) is 23.2 Å². The Balaban J connectivity index is 1.38. The summed E-state index contributed by atoms with van der Waals surface area (Å²) in [5.41, 5.74) is 1.34. The van der Waals surface area contributed by atoms with Gasteiger partial charge in [0, 0.05) is 37.2 Å². The van der Waals surface area contributed by atoms with Crippen molar-refractivity contribution in [3.63, 3.8) is 0 Å². The number of esters is 1. The van der Waals surface area contributed by atoms with Gasteiger partial charge in [-0.15, -0.1) is 0 Å². The van der Waals surface area contributed by atoms with Crippen molar-refractivity contribution in [3.05, 3.63) is 123 Å². The molecule has 1 N–H and O–H groups in total. The molecular weight excluding hydrogens is 565 g/mol. The lowest BCUT2D eigenvalue weighted by atomic mass is 9.92. The zero-order valence-corrected chi connectivity index (χ0v) is 22.9. The molecule has 5 rings (SSSR count). The lowest BCUT2D eigenvalue weighted by molar-refractivity contribution is -0.131. The smallest absolute Gasteiger partial charge is 0.308 e. The molecule has 4 aromatic rings. The van der Waals surface area contributed by atoms with Crippen molar-refractivity contribution in [1.29, 1.82) is 0 Å². The Kier molecular flexibility index (Phi) is 8.42. The van der Waals surface area contributed by atoms with Gasteiger partial charge in [-0.1, -0.05) is 18.2 Å². The molecule has 0 saturated heterocycles. The molecule has 1 aliphatic rings. The number of ether oxygens (including phenoxy) is 2. The van der Waals surface area contributed by atoms with Crippen LogP contribution >= 0.6 is 0 Å². The van der Waals surface area contributed by atoms with Gasteiger partial charge in [-0.05, 0) is 59.2 Å². The number of aromatic nitrogens is 1. The van der Waals surface area contributed by atoms with E-state index in [4.69, 9.17) is 9.47 Å². The zero-order valence-electron chi connectivity index (χ0n) is 22.9. The maximum absolute atomic E-state index is 13.7. The van der Waals surface area contributed by atoms with E-state index in [1.165, 1.54) is 25.3 Å². The summed E-state index contributed by atoms with van der Waals surface area (Å²) in [6.07, 6.45) is 1.49. The number of hydrogen-bond donors (Lipinski definition) is 1. The summed E-state index contributed by atoms with van der Waals surface area (Å²) in [6, 6.07) is 16.1. The highest BCUT2D eigenvalue weighted by Gasteiger charge is 2.23. The van der Waals surface area contributed by atoms with Gasteiger partial charge in [-0.2, -0.15) is 0 Å². The van der Waals surface area contributed by atoms with E-state index in [0.717, 1.165) is 22.3 Å². The van der Waals surface area contributed by atoms with E-state index in [1.54, 1.807) is 42.5 Å². The van der Waals surface area contributed by atoms with Crippen molar-refractivity contribution in [2.24, 2.45) is 0 Å². The zero-order chi connectivity index (χ0) is 30.7. The topological polar surface area (TPSA) is 104 Å². The molecule has 8 nitrogen and oxygen atoms in total. The van der Waals surface area contributed by atoms with Gasteiger partial charge in [0.25, 0.3) is 5.56 Å². The monoisotopic (exact) mass is 590 g/mol. The third-order valence-electron chi connectivity index (χ3n) is 6.92. The second-order valence-electron chi connectivity index (χ2n) is 10.1. The number of amides is 1. The van der Waals surface area contributed by atoms with Gasteiger partial charge in [-0.25, -0.2) is 13.2 Å². The van der Waals surface area contributed by atoms with E-state index in [0.29, 0.717) is 22.7 Å². The van der Waals surface area contributed by atoms with Crippen molar-refractivity contribution in [3.8, 4) is 11.5 Å². The highest BCUT2D eigenvalue weighted by Crippen LogP contribution is 2.30. The number of ketones is 1. The Hall–Kier alpha value is -5.19. The Bertz CT molecular complexity index is 1760. The lowest BCUT2D eigenvalue weighted by Crippen LogP contribution is -2.27. The fraction of sp³-hybridized carbons (Fsp3) is 0.188. The number of rotatable bonds is 10. The van der Waals surface area contributed by atoms with Crippen LogP contribution in [0.15, 0.2) is 77.7 Å². The largest absolute Gasteiger partial charge is 0.493 e. The van der Waals surface area contributed by atoms with E-state index in [-0.39, 0.29) is 43.0 Å². The molecule has 0 saturated carbocycles. The highest BCUT2D eigenvalue weighted by molar-refractivity contribution is 5.99. The van der Waals surface area contributed by atoms with Crippen LogP contribution in [0, 0.1) is 17.5 Å². The van der Waals surface area contributed by atoms with Crippen molar-refractivity contribution in [2.75, 3.05) is 11.9 Å². The first-order valence-corrected chi connectivity index (χ1v) is 13.3. The predicted octanol–water partition coefficient (Wildman–Crippen LogP) is 5.17. The van der Waals surface area contributed by atoms with Crippen LogP contribution in [0.1, 0.15) is 46.3 Å². The van der Waals surface area contributed by atoms with Gasteiger partial charge < -0.3 is 19.4 Å². The molecule has 0 unspecified atom stereocenters. The summed E-state index contributed by atoms with van der Waals surface area (Å²) >= 11 is 0. The number of hydrogen-bond acceptors (Lipinski definition) is 6. The van der Waals surface area contributed by atoms with Gasteiger partial charge in [0.05, 0.1) is 25.1 Å². The molecule has 2 heterocycles. The molecule has 220 valence electrons. The first-order valence-electron chi connectivity index (χ1n) is 13.3. The summed E-state index contributed by atoms with van der Waals surface area (Å²) in [7, 11) is 0. The van der Waals surface area contributed by atoms with Gasteiger partial charge in [0.1, 0.15) is 11.5 Å².